The molecule has 1 aliphatic rings. The van der Waals surface area contributed by atoms with Gasteiger partial charge in [0, 0.05) is 31.6 Å². The lowest BCUT2D eigenvalue weighted by molar-refractivity contribution is 0.349. The van der Waals surface area contributed by atoms with Crippen LogP contribution in [0.4, 0.5) is 0 Å². The van der Waals surface area contributed by atoms with Gasteiger partial charge >= 0.3 is 0 Å². The summed E-state index contributed by atoms with van der Waals surface area (Å²) in [6.07, 6.45) is 2.07. The molecule has 2 rings (SSSR count). The Balaban J connectivity index is 2.12. The highest BCUT2D eigenvalue weighted by atomic mass is 32.2. The van der Waals surface area contributed by atoms with Gasteiger partial charge in [0.2, 0.25) is 0 Å². The Morgan fingerprint density at radius 2 is 2.08 bits per heavy atom. The van der Waals surface area contributed by atoms with Crippen LogP contribution in [0.25, 0.3) is 0 Å². The molecule has 0 radical (unpaired) electrons. The zero-order chi connectivity index (χ0) is 19.4. The number of hydrogen-bond acceptors (Lipinski definition) is 5. The van der Waals surface area contributed by atoms with Crippen LogP contribution in [-0.2, 0) is 16.4 Å². The number of rotatable bonds is 6. The van der Waals surface area contributed by atoms with Crippen molar-refractivity contribution in [1.29, 1.82) is 0 Å². The summed E-state index contributed by atoms with van der Waals surface area (Å²) in [7, 11) is -3.07. The molecule has 0 spiro atoms. The van der Waals surface area contributed by atoms with Gasteiger partial charge in [-0.15, -0.1) is 0 Å². The molecular weight excluding hydrogens is 352 g/mol. The molecule has 1 N–H and O–H groups in total. The zero-order valence-electron chi connectivity index (χ0n) is 16.6. The minimum absolute atomic E-state index is 0.144. The largest absolute Gasteiger partial charge is 0.359 e. The first-order chi connectivity index (χ1) is 12.2. The molecule has 0 bridgehead atoms. The van der Waals surface area contributed by atoms with Crippen molar-refractivity contribution in [2.75, 3.05) is 25.4 Å². The zero-order valence-corrected chi connectivity index (χ0v) is 17.4. The smallest absolute Gasteiger partial charge is 0.194 e. The maximum Gasteiger partial charge on any atom is 0.194 e. The van der Waals surface area contributed by atoms with E-state index < -0.39 is 14.6 Å². The number of aliphatic imine (C=N–C) groups is 1. The van der Waals surface area contributed by atoms with Gasteiger partial charge < -0.3 is 14.7 Å². The number of nitrogens with zero attached hydrogens (tertiary/aromatic N) is 3. The van der Waals surface area contributed by atoms with E-state index in [1.807, 2.05) is 17.9 Å². The van der Waals surface area contributed by atoms with Crippen LogP contribution >= 0.6 is 0 Å². The van der Waals surface area contributed by atoms with Crippen LogP contribution in [0.2, 0.25) is 0 Å². The number of nitrogens with one attached hydrogen (secondary N) is 1. The molecule has 1 fully saturated rings. The molecule has 26 heavy (non-hydrogen) atoms. The van der Waals surface area contributed by atoms with Crippen LogP contribution in [0, 0.1) is 0 Å². The lowest BCUT2D eigenvalue weighted by Gasteiger charge is -2.39. The molecule has 1 aliphatic heterocycles. The molecule has 1 aromatic rings. The van der Waals surface area contributed by atoms with E-state index in [0.29, 0.717) is 25.6 Å². The first kappa shape index (κ1) is 20.7. The fourth-order valence-electron chi connectivity index (χ4n) is 3.21. The average molecular weight is 385 g/mol. The summed E-state index contributed by atoms with van der Waals surface area (Å²) in [6.45, 7) is 11.8. The molecule has 1 saturated heterocycles. The first-order valence-electron chi connectivity index (χ1n) is 9.45. The third-order valence-electron chi connectivity index (χ3n) is 5.04. The van der Waals surface area contributed by atoms with Gasteiger partial charge in [0.05, 0.1) is 16.2 Å². The van der Waals surface area contributed by atoms with E-state index in [-0.39, 0.29) is 5.75 Å². The van der Waals surface area contributed by atoms with Crippen molar-refractivity contribution in [3.8, 4) is 0 Å². The van der Waals surface area contributed by atoms with E-state index in [9.17, 15) is 8.42 Å². The van der Waals surface area contributed by atoms with E-state index in [0.717, 1.165) is 36.8 Å². The summed E-state index contributed by atoms with van der Waals surface area (Å²) in [5, 5.41) is 7.44. The van der Waals surface area contributed by atoms with E-state index >= 15 is 0 Å². The molecule has 0 unspecified atom stereocenters. The van der Waals surface area contributed by atoms with Crippen molar-refractivity contribution in [3.05, 3.63) is 17.5 Å². The normalized spacial score (nSPS) is 19.8. The lowest BCUT2D eigenvalue weighted by atomic mass is 9.99. The Morgan fingerprint density at radius 3 is 2.65 bits per heavy atom. The lowest BCUT2D eigenvalue weighted by Crippen LogP contribution is -2.57. The standard InChI is InChI=1S/C18H32N4O3S/c1-6-14(7-2)16-11-15(25-21-16)12-20-17(19-8-3)22-9-10-26(23,24)18(4,5)13-22/h11,14H,6-10,12-13H2,1-5H3,(H,19,20). The van der Waals surface area contributed by atoms with Gasteiger partial charge in [-0.1, -0.05) is 19.0 Å². The highest BCUT2D eigenvalue weighted by molar-refractivity contribution is 7.92. The Labute approximate surface area is 157 Å². The van der Waals surface area contributed by atoms with Gasteiger partial charge in [-0.2, -0.15) is 0 Å². The van der Waals surface area contributed by atoms with E-state index in [4.69, 9.17) is 4.52 Å². The van der Waals surface area contributed by atoms with Crippen molar-refractivity contribution in [2.24, 2.45) is 4.99 Å². The maximum atomic E-state index is 12.2. The van der Waals surface area contributed by atoms with Crippen molar-refractivity contribution in [2.45, 2.75) is 64.7 Å². The van der Waals surface area contributed by atoms with Gasteiger partial charge in [-0.3, -0.25) is 0 Å². The Hall–Kier alpha value is -1.57. The highest BCUT2D eigenvalue weighted by Gasteiger charge is 2.40. The summed E-state index contributed by atoms with van der Waals surface area (Å²) in [6, 6.07) is 1.98. The van der Waals surface area contributed by atoms with Crippen molar-refractivity contribution >= 4 is 15.8 Å². The van der Waals surface area contributed by atoms with E-state index in [1.165, 1.54) is 0 Å². The summed E-state index contributed by atoms with van der Waals surface area (Å²) < 4.78 is 29.1. The minimum Gasteiger partial charge on any atom is -0.359 e. The summed E-state index contributed by atoms with van der Waals surface area (Å²) >= 11 is 0. The Kier molecular flexibility index (Phi) is 6.71. The molecule has 148 valence electrons. The SMILES string of the molecule is CCNC(=NCc1cc(C(CC)CC)no1)N1CCS(=O)(=O)C(C)(C)C1. The fourth-order valence-corrected chi connectivity index (χ4v) is 4.57. The van der Waals surface area contributed by atoms with Gasteiger partial charge in [0.25, 0.3) is 0 Å². The van der Waals surface area contributed by atoms with Crippen LogP contribution < -0.4 is 5.32 Å². The second-order valence-electron chi connectivity index (χ2n) is 7.40. The average Bonchev–Trinajstić information content (AvgIpc) is 3.04. The second-order valence-corrected chi connectivity index (χ2v) is 10.1. The number of aromatic nitrogens is 1. The predicted octanol–water partition coefficient (Wildman–Crippen LogP) is 2.55. The predicted molar refractivity (Wildman–Crippen MR) is 104 cm³/mol. The van der Waals surface area contributed by atoms with Gasteiger partial charge in [-0.05, 0) is 33.6 Å². The highest BCUT2D eigenvalue weighted by Crippen LogP contribution is 2.24. The topological polar surface area (TPSA) is 87.8 Å². The summed E-state index contributed by atoms with van der Waals surface area (Å²) in [5.74, 6) is 2.01. The molecule has 2 heterocycles. The molecule has 0 amide bonds. The van der Waals surface area contributed by atoms with Crippen LogP contribution in [-0.4, -0.2) is 54.6 Å². The van der Waals surface area contributed by atoms with Crippen LogP contribution in [0.3, 0.4) is 0 Å². The monoisotopic (exact) mass is 384 g/mol. The molecule has 7 nitrogen and oxygen atoms in total. The van der Waals surface area contributed by atoms with Gasteiger partial charge in [0.1, 0.15) is 6.54 Å². The molecule has 0 saturated carbocycles. The van der Waals surface area contributed by atoms with Crippen molar-refractivity contribution < 1.29 is 12.9 Å². The van der Waals surface area contributed by atoms with E-state index in [1.54, 1.807) is 13.8 Å². The van der Waals surface area contributed by atoms with Gasteiger partial charge in [-0.25, -0.2) is 13.4 Å². The third kappa shape index (κ3) is 4.58. The van der Waals surface area contributed by atoms with Crippen molar-refractivity contribution in [3.63, 3.8) is 0 Å². The molecule has 1 aromatic heterocycles. The summed E-state index contributed by atoms with van der Waals surface area (Å²) in [4.78, 5) is 6.66. The molecule has 0 atom stereocenters. The number of hydrogen-bond donors (Lipinski definition) is 1. The third-order valence-corrected chi connectivity index (χ3v) is 7.58. The molecular formula is C18H32N4O3S. The number of sulfone groups is 1. The van der Waals surface area contributed by atoms with Crippen LogP contribution in [0.15, 0.2) is 15.6 Å². The number of guanidine groups is 1. The first-order valence-corrected chi connectivity index (χ1v) is 11.1. The molecule has 0 aromatic carbocycles. The van der Waals surface area contributed by atoms with Crippen LogP contribution in [0.1, 0.15) is 64.8 Å². The molecule has 0 aliphatic carbocycles. The fraction of sp³-hybridized carbons (Fsp3) is 0.778. The maximum absolute atomic E-state index is 12.2. The summed E-state index contributed by atoms with van der Waals surface area (Å²) in [5.41, 5.74) is 0.982. The second kappa shape index (κ2) is 8.41. The quantitative estimate of drug-likeness (QED) is 0.599. The molecule has 8 heteroatoms. The van der Waals surface area contributed by atoms with Gasteiger partial charge in [0.15, 0.2) is 21.6 Å². The Bertz CT molecular complexity index is 721. The van der Waals surface area contributed by atoms with E-state index in [2.05, 4.69) is 29.3 Å². The van der Waals surface area contributed by atoms with Crippen molar-refractivity contribution in [1.82, 2.24) is 15.4 Å². The minimum atomic E-state index is -3.07. The van der Waals surface area contributed by atoms with Crippen LogP contribution in [0.5, 0.6) is 0 Å². The Morgan fingerprint density at radius 1 is 1.38 bits per heavy atom.